The maximum atomic E-state index is 13.4. The number of hydrogen-bond donors (Lipinski definition) is 1. The monoisotopic (exact) mass is 292 g/mol. The number of anilines is 1. The maximum Gasteiger partial charge on any atom is 0.337 e. The molecule has 7 heteroatoms. The Morgan fingerprint density at radius 2 is 2.00 bits per heavy atom. The lowest BCUT2D eigenvalue weighted by Gasteiger charge is -2.07. The molecule has 0 saturated carbocycles. The molecule has 1 heterocycles. The zero-order valence-corrected chi connectivity index (χ0v) is 10.9. The summed E-state index contributed by atoms with van der Waals surface area (Å²) in [7, 11) is 1.22. The van der Waals surface area contributed by atoms with E-state index >= 15 is 0 Å². The summed E-state index contributed by atoms with van der Waals surface area (Å²) in [5.41, 5.74) is -0.0119. The van der Waals surface area contributed by atoms with Gasteiger partial charge in [-0.2, -0.15) is 4.39 Å². The Morgan fingerprint density at radius 3 is 2.71 bits per heavy atom. The number of hydrogen-bond acceptors (Lipinski definition) is 4. The van der Waals surface area contributed by atoms with Crippen LogP contribution in [0.2, 0.25) is 0 Å². The predicted molar refractivity (Wildman–Crippen MR) is 69.9 cm³/mol. The van der Waals surface area contributed by atoms with Crippen LogP contribution >= 0.6 is 0 Å². The Bertz CT molecular complexity index is 704. The second-order valence-electron chi connectivity index (χ2n) is 3.99. The summed E-state index contributed by atoms with van der Waals surface area (Å²) in [6.45, 7) is 0. The molecule has 2 aromatic rings. The van der Waals surface area contributed by atoms with Gasteiger partial charge in [-0.3, -0.25) is 4.79 Å². The number of nitrogens with zero attached hydrogens (tertiary/aromatic N) is 1. The van der Waals surface area contributed by atoms with Crippen LogP contribution in [0.3, 0.4) is 0 Å². The van der Waals surface area contributed by atoms with Gasteiger partial charge in [0.15, 0.2) is 5.82 Å². The topological polar surface area (TPSA) is 68.3 Å². The van der Waals surface area contributed by atoms with Gasteiger partial charge in [0, 0.05) is 11.9 Å². The van der Waals surface area contributed by atoms with Crippen LogP contribution in [0.1, 0.15) is 20.7 Å². The van der Waals surface area contributed by atoms with E-state index in [9.17, 15) is 18.4 Å². The van der Waals surface area contributed by atoms with Gasteiger partial charge in [-0.15, -0.1) is 0 Å². The van der Waals surface area contributed by atoms with E-state index in [1.165, 1.54) is 31.4 Å². The zero-order chi connectivity index (χ0) is 15.4. The van der Waals surface area contributed by atoms with E-state index in [0.29, 0.717) is 0 Å². The Balaban J connectivity index is 2.24. The van der Waals surface area contributed by atoms with Crippen molar-refractivity contribution >= 4 is 17.6 Å². The van der Waals surface area contributed by atoms with Crippen LogP contribution in [0.15, 0.2) is 36.5 Å². The van der Waals surface area contributed by atoms with Crippen molar-refractivity contribution in [1.29, 1.82) is 0 Å². The number of carbonyl (C=O) groups excluding carboxylic acids is 2. The van der Waals surface area contributed by atoms with Gasteiger partial charge in [-0.1, -0.05) is 6.07 Å². The quantitative estimate of drug-likeness (QED) is 0.696. The van der Waals surface area contributed by atoms with Crippen LogP contribution in [-0.4, -0.2) is 24.0 Å². The minimum Gasteiger partial charge on any atom is -0.465 e. The number of pyridine rings is 1. The summed E-state index contributed by atoms with van der Waals surface area (Å²) >= 11 is 0. The van der Waals surface area contributed by atoms with Crippen LogP contribution in [0.5, 0.6) is 0 Å². The highest BCUT2D eigenvalue weighted by molar-refractivity contribution is 6.05. The van der Waals surface area contributed by atoms with Gasteiger partial charge in [-0.05, 0) is 24.3 Å². The molecule has 0 spiro atoms. The lowest BCUT2D eigenvalue weighted by Crippen LogP contribution is -2.15. The SMILES string of the molecule is COC(=O)c1cccc(NC(=O)c2ccnc(F)c2F)c1. The largest absolute Gasteiger partial charge is 0.465 e. The third-order valence-electron chi connectivity index (χ3n) is 2.63. The first kappa shape index (κ1) is 14.6. The maximum absolute atomic E-state index is 13.4. The van der Waals surface area contributed by atoms with Crippen LogP contribution in [0, 0.1) is 11.8 Å². The first-order valence-corrected chi connectivity index (χ1v) is 5.82. The number of aromatic nitrogens is 1. The predicted octanol–water partition coefficient (Wildman–Crippen LogP) is 2.40. The Labute approximate surface area is 118 Å². The third-order valence-corrected chi connectivity index (χ3v) is 2.63. The number of benzene rings is 1. The molecule has 0 radical (unpaired) electrons. The van der Waals surface area contributed by atoms with Crippen LogP contribution in [-0.2, 0) is 4.74 Å². The standard InChI is InChI=1S/C14H10F2N2O3/c1-21-14(20)8-3-2-4-9(7-8)18-13(19)10-5-6-17-12(16)11(10)15/h2-7H,1H3,(H,18,19). The van der Waals surface area contributed by atoms with Gasteiger partial charge in [0.25, 0.3) is 5.91 Å². The normalized spacial score (nSPS) is 10.0. The van der Waals surface area contributed by atoms with E-state index in [-0.39, 0.29) is 11.3 Å². The van der Waals surface area contributed by atoms with Crippen LogP contribution in [0.25, 0.3) is 0 Å². The third kappa shape index (κ3) is 3.19. The number of nitrogens with one attached hydrogen (secondary N) is 1. The molecule has 0 aliphatic rings. The van der Waals surface area contributed by atoms with E-state index in [2.05, 4.69) is 15.0 Å². The average Bonchev–Trinajstić information content (AvgIpc) is 2.49. The molecule has 0 aliphatic heterocycles. The van der Waals surface area contributed by atoms with Crippen LogP contribution < -0.4 is 5.32 Å². The number of amides is 1. The highest BCUT2D eigenvalue weighted by atomic mass is 19.2. The van der Waals surface area contributed by atoms with Gasteiger partial charge in [0.2, 0.25) is 5.95 Å². The molecule has 5 nitrogen and oxygen atoms in total. The van der Waals surface area contributed by atoms with Crippen molar-refractivity contribution in [3.63, 3.8) is 0 Å². The molecule has 0 saturated heterocycles. The summed E-state index contributed by atoms with van der Waals surface area (Å²) in [5, 5.41) is 2.36. The highest BCUT2D eigenvalue weighted by Gasteiger charge is 2.16. The number of ether oxygens (including phenoxy) is 1. The molecular weight excluding hydrogens is 282 g/mol. The van der Waals surface area contributed by atoms with Gasteiger partial charge in [0.1, 0.15) is 0 Å². The van der Waals surface area contributed by atoms with Crippen molar-refractivity contribution in [2.24, 2.45) is 0 Å². The lowest BCUT2D eigenvalue weighted by molar-refractivity contribution is 0.0600. The average molecular weight is 292 g/mol. The molecule has 1 aromatic carbocycles. The fourth-order valence-electron chi connectivity index (χ4n) is 1.63. The highest BCUT2D eigenvalue weighted by Crippen LogP contribution is 2.15. The summed E-state index contributed by atoms with van der Waals surface area (Å²) in [6, 6.07) is 6.93. The molecule has 1 amide bonds. The van der Waals surface area contributed by atoms with Gasteiger partial charge in [-0.25, -0.2) is 14.2 Å². The molecule has 1 N–H and O–H groups in total. The smallest absolute Gasteiger partial charge is 0.337 e. The second-order valence-corrected chi connectivity index (χ2v) is 3.99. The zero-order valence-electron chi connectivity index (χ0n) is 10.9. The number of carbonyl (C=O) groups is 2. The number of halogens is 2. The lowest BCUT2D eigenvalue weighted by atomic mass is 10.2. The molecule has 0 bridgehead atoms. The Hall–Kier alpha value is -2.83. The molecule has 0 atom stereocenters. The second kappa shape index (κ2) is 6.08. The van der Waals surface area contributed by atoms with E-state index in [1.807, 2.05) is 0 Å². The summed E-state index contributed by atoms with van der Waals surface area (Å²) in [5.74, 6) is -4.12. The van der Waals surface area contributed by atoms with E-state index in [4.69, 9.17) is 0 Å². The first-order chi connectivity index (χ1) is 10.0. The van der Waals surface area contributed by atoms with Crippen molar-refractivity contribution in [3.8, 4) is 0 Å². The van der Waals surface area contributed by atoms with Crippen molar-refractivity contribution < 1.29 is 23.1 Å². The molecular formula is C14H10F2N2O3. The van der Waals surface area contributed by atoms with E-state index < -0.39 is 29.2 Å². The summed E-state index contributed by atoms with van der Waals surface area (Å²) in [4.78, 5) is 26.3. The molecule has 0 fully saturated rings. The minimum atomic E-state index is -1.36. The summed E-state index contributed by atoms with van der Waals surface area (Å²) in [6.07, 6.45) is 0.984. The number of esters is 1. The Morgan fingerprint density at radius 1 is 1.24 bits per heavy atom. The first-order valence-electron chi connectivity index (χ1n) is 5.82. The van der Waals surface area contributed by atoms with Gasteiger partial charge in [0.05, 0.1) is 18.2 Å². The van der Waals surface area contributed by atoms with Crippen molar-refractivity contribution in [1.82, 2.24) is 4.98 Å². The molecule has 21 heavy (non-hydrogen) atoms. The molecule has 1 aromatic heterocycles. The van der Waals surface area contributed by atoms with Gasteiger partial charge >= 0.3 is 5.97 Å². The number of rotatable bonds is 3. The van der Waals surface area contributed by atoms with Crippen molar-refractivity contribution in [3.05, 3.63) is 59.4 Å². The van der Waals surface area contributed by atoms with Crippen molar-refractivity contribution in [2.75, 3.05) is 12.4 Å². The minimum absolute atomic E-state index is 0.219. The molecule has 0 aliphatic carbocycles. The van der Waals surface area contributed by atoms with E-state index in [0.717, 1.165) is 12.3 Å². The molecule has 108 valence electrons. The summed E-state index contributed by atoms with van der Waals surface area (Å²) < 4.78 is 31.0. The number of methoxy groups -OCH3 is 1. The van der Waals surface area contributed by atoms with Crippen LogP contribution in [0.4, 0.5) is 14.5 Å². The van der Waals surface area contributed by atoms with E-state index in [1.54, 1.807) is 0 Å². The fourth-order valence-corrected chi connectivity index (χ4v) is 1.63. The Kier molecular flexibility index (Phi) is 4.22. The van der Waals surface area contributed by atoms with Gasteiger partial charge < -0.3 is 10.1 Å². The molecule has 0 unspecified atom stereocenters. The fraction of sp³-hybridized carbons (Fsp3) is 0.0714. The molecule has 2 rings (SSSR count). The van der Waals surface area contributed by atoms with Crippen molar-refractivity contribution in [2.45, 2.75) is 0 Å².